The highest BCUT2D eigenvalue weighted by Gasteiger charge is 2.27. The van der Waals surface area contributed by atoms with Crippen LogP contribution in [0.25, 0.3) is 0 Å². The molecule has 2 aliphatic heterocycles. The zero-order valence-corrected chi connectivity index (χ0v) is 9.33. The maximum atomic E-state index is 5.57. The van der Waals surface area contributed by atoms with Gasteiger partial charge in [0, 0.05) is 25.2 Å². The summed E-state index contributed by atoms with van der Waals surface area (Å²) in [7, 11) is 0. The Bertz CT molecular complexity index is 166. The summed E-state index contributed by atoms with van der Waals surface area (Å²) >= 11 is 0. The largest absolute Gasteiger partial charge is 0.376 e. The van der Waals surface area contributed by atoms with Crippen molar-refractivity contribution in [3.63, 3.8) is 0 Å². The summed E-state index contributed by atoms with van der Waals surface area (Å²) < 4.78 is 5.57. The van der Waals surface area contributed by atoms with E-state index in [0.29, 0.717) is 12.1 Å². The first-order valence-electron chi connectivity index (χ1n) is 5.84. The first-order valence-corrected chi connectivity index (χ1v) is 5.84. The molecule has 2 aliphatic rings. The van der Waals surface area contributed by atoms with Crippen LogP contribution in [0.2, 0.25) is 0 Å². The topological polar surface area (TPSA) is 24.5 Å². The molecule has 3 unspecified atom stereocenters. The van der Waals surface area contributed by atoms with Crippen molar-refractivity contribution in [3.05, 3.63) is 0 Å². The highest BCUT2D eigenvalue weighted by atomic mass is 16.5. The third-order valence-corrected chi connectivity index (χ3v) is 3.38. The van der Waals surface area contributed by atoms with Crippen LogP contribution in [0.5, 0.6) is 0 Å². The molecule has 0 amide bonds. The van der Waals surface area contributed by atoms with Gasteiger partial charge in [0.2, 0.25) is 0 Å². The average molecular weight is 198 g/mol. The molecule has 0 radical (unpaired) electrons. The Kier molecular flexibility index (Phi) is 3.42. The Labute approximate surface area is 86.8 Å². The lowest BCUT2D eigenvalue weighted by molar-refractivity contribution is -0.0401. The Hall–Kier alpha value is -0.120. The van der Waals surface area contributed by atoms with Crippen molar-refractivity contribution in [2.45, 2.75) is 44.9 Å². The molecule has 2 saturated heterocycles. The Morgan fingerprint density at radius 2 is 2.21 bits per heavy atom. The fourth-order valence-corrected chi connectivity index (χ4v) is 2.61. The molecule has 2 rings (SSSR count). The van der Waals surface area contributed by atoms with Crippen LogP contribution in [0.15, 0.2) is 0 Å². The smallest absolute Gasteiger partial charge is 0.0674 e. The molecule has 2 fully saturated rings. The van der Waals surface area contributed by atoms with E-state index in [1.54, 1.807) is 0 Å². The van der Waals surface area contributed by atoms with Crippen molar-refractivity contribution >= 4 is 0 Å². The molecule has 3 atom stereocenters. The second-order valence-corrected chi connectivity index (χ2v) is 4.71. The van der Waals surface area contributed by atoms with Crippen molar-refractivity contribution in [3.8, 4) is 0 Å². The average Bonchev–Trinajstić information content (AvgIpc) is 2.18. The third kappa shape index (κ3) is 2.47. The van der Waals surface area contributed by atoms with Gasteiger partial charge in [-0.25, -0.2) is 0 Å². The molecule has 0 spiro atoms. The quantitative estimate of drug-likeness (QED) is 0.676. The van der Waals surface area contributed by atoms with Crippen LogP contribution >= 0.6 is 0 Å². The minimum absolute atomic E-state index is 0.425. The monoisotopic (exact) mass is 198 g/mol. The number of piperidine rings is 1. The summed E-state index contributed by atoms with van der Waals surface area (Å²) in [6.45, 7) is 8.81. The summed E-state index contributed by atoms with van der Waals surface area (Å²) in [5.41, 5.74) is 0. The minimum Gasteiger partial charge on any atom is -0.376 e. The zero-order valence-electron chi connectivity index (χ0n) is 9.33. The van der Waals surface area contributed by atoms with Crippen molar-refractivity contribution in [2.75, 3.05) is 26.2 Å². The highest BCUT2D eigenvalue weighted by molar-refractivity contribution is 4.84. The molecule has 14 heavy (non-hydrogen) atoms. The zero-order chi connectivity index (χ0) is 9.97. The second-order valence-electron chi connectivity index (χ2n) is 4.71. The van der Waals surface area contributed by atoms with E-state index in [1.807, 2.05) is 0 Å². The molecule has 3 nitrogen and oxygen atoms in total. The first-order chi connectivity index (χ1) is 6.75. The predicted molar refractivity (Wildman–Crippen MR) is 57.5 cm³/mol. The van der Waals surface area contributed by atoms with Gasteiger partial charge in [-0.05, 0) is 33.2 Å². The van der Waals surface area contributed by atoms with Crippen LogP contribution < -0.4 is 5.32 Å². The standard InChI is InChI=1S/C11H22N2O/c1-9-7-11(3-4-12-9)13-5-6-14-10(2)8-13/h9-12H,3-8H2,1-2H3. The number of hydrogen-bond donors (Lipinski definition) is 1. The van der Waals surface area contributed by atoms with Gasteiger partial charge in [0.1, 0.15) is 0 Å². The van der Waals surface area contributed by atoms with Crippen molar-refractivity contribution in [2.24, 2.45) is 0 Å². The van der Waals surface area contributed by atoms with E-state index < -0.39 is 0 Å². The SMILES string of the molecule is CC1CC(N2CCOC(C)C2)CCN1. The number of morpholine rings is 1. The van der Waals surface area contributed by atoms with E-state index in [1.165, 1.54) is 19.4 Å². The van der Waals surface area contributed by atoms with Crippen LogP contribution in [0.1, 0.15) is 26.7 Å². The van der Waals surface area contributed by atoms with E-state index in [4.69, 9.17) is 4.74 Å². The van der Waals surface area contributed by atoms with E-state index in [9.17, 15) is 0 Å². The molecule has 82 valence electrons. The van der Waals surface area contributed by atoms with Crippen LogP contribution in [-0.4, -0.2) is 49.3 Å². The molecule has 0 aromatic carbocycles. The summed E-state index contributed by atoms with van der Waals surface area (Å²) in [5.74, 6) is 0. The molecule has 0 aromatic rings. The number of rotatable bonds is 1. The summed E-state index contributed by atoms with van der Waals surface area (Å²) in [6.07, 6.45) is 3.03. The fourth-order valence-electron chi connectivity index (χ4n) is 2.61. The predicted octanol–water partition coefficient (Wildman–Crippen LogP) is 0.848. The minimum atomic E-state index is 0.425. The molecular formula is C11H22N2O. The Morgan fingerprint density at radius 3 is 2.93 bits per heavy atom. The first kappa shape index (κ1) is 10.4. The third-order valence-electron chi connectivity index (χ3n) is 3.38. The van der Waals surface area contributed by atoms with Gasteiger partial charge in [0.15, 0.2) is 0 Å². The number of ether oxygens (including phenoxy) is 1. The summed E-state index contributed by atoms with van der Waals surface area (Å²) in [4.78, 5) is 2.62. The van der Waals surface area contributed by atoms with E-state index >= 15 is 0 Å². The lowest BCUT2D eigenvalue weighted by Gasteiger charge is -2.40. The second kappa shape index (κ2) is 4.60. The Morgan fingerprint density at radius 1 is 1.36 bits per heavy atom. The van der Waals surface area contributed by atoms with Gasteiger partial charge in [-0.15, -0.1) is 0 Å². The molecule has 0 bridgehead atoms. The van der Waals surface area contributed by atoms with Gasteiger partial charge < -0.3 is 10.1 Å². The highest BCUT2D eigenvalue weighted by Crippen LogP contribution is 2.18. The number of nitrogens with zero attached hydrogens (tertiary/aromatic N) is 1. The maximum Gasteiger partial charge on any atom is 0.0674 e. The van der Waals surface area contributed by atoms with Crippen LogP contribution in [0.4, 0.5) is 0 Å². The normalized spacial score (nSPS) is 41.1. The van der Waals surface area contributed by atoms with E-state index in [0.717, 1.165) is 25.7 Å². The molecule has 0 aromatic heterocycles. The fraction of sp³-hybridized carbons (Fsp3) is 1.00. The molecule has 0 aliphatic carbocycles. The molecule has 3 heteroatoms. The Balaban J connectivity index is 1.86. The van der Waals surface area contributed by atoms with Crippen LogP contribution in [-0.2, 0) is 4.74 Å². The van der Waals surface area contributed by atoms with Crippen molar-refractivity contribution in [1.82, 2.24) is 10.2 Å². The van der Waals surface area contributed by atoms with Gasteiger partial charge in [-0.3, -0.25) is 4.90 Å². The molecule has 2 heterocycles. The molecule has 0 saturated carbocycles. The van der Waals surface area contributed by atoms with Crippen LogP contribution in [0.3, 0.4) is 0 Å². The van der Waals surface area contributed by atoms with Gasteiger partial charge in [-0.2, -0.15) is 0 Å². The lowest BCUT2D eigenvalue weighted by atomic mass is 9.98. The number of hydrogen-bond acceptors (Lipinski definition) is 3. The summed E-state index contributed by atoms with van der Waals surface area (Å²) in [6, 6.07) is 1.48. The van der Waals surface area contributed by atoms with E-state index in [-0.39, 0.29) is 0 Å². The molecular weight excluding hydrogens is 176 g/mol. The van der Waals surface area contributed by atoms with Gasteiger partial charge in [0.25, 0.3) is 0 Å². The summed E-state index contributed by atoms with van der Waals surface area (Å²) in [5, 5.41) is 3.50. The van der Waals surface area contributed by atoms with Gasteiger partial charge >= 0.3 is 0 Å². The van der Waals surface area contributed by atoms with Crippen molar-refractivity contribution < 1.29 is 4.74 Å². The van der Waals surface area contributed by atoms with Gasteiger partial charge in [0.05, 0.1) is 12.7 Å². The molecule has 1 N–H and O–H groups in total. The van der Waals surface area contributed by atoms with Crippen molar-refractivity contribution in [1.29, 1.82) is 0 Å². The number of nitrogens with one attached hydrogen (secondary N) is 1. The lowest BCUT2D eigenvalue weighted by Crippen LogP contribution is -2.52. The van der Waals surface area contributed by atoms with E-state index in [2.05, 4.69) is 24.1 Å². The van der Waals surface area contributed by atoms with Crippen LogP contribution in [0, 0.1) is 0 Å². The van der Waals surface area contributed by atoms with Gasteiger partial charge in [-0.1, -0.05) is 0 Å². The maximum absolute atomic E-state index is 5.57.